The number of rotatable bonds is 4. The summed E-state index contributed by atoms with van der Waals surface area (Å²) >= 11 is 0. The zero-order valence-electron chi connectivity index (χ0n) is 16.5. The highest BCUT2D eigenvalue weighted by atomic mass is 16.8. The Kier molecular flexibility index (Phi) is 4.19. The smallest absolute Gasteiger partial charge is 0.247 e. The molecule has 4 atom stereocenters. The molecule has 2 fully saturated rings. The standard InChI is InChI=1S/C20H23N5O4/c1-11-14-15(29-20(2,3)28-14)18(27-11)25-10-22-13-16(25)23-19(21)24-17(13)26-9-12-7-5-4-6-8-12/h4-8,10-11,14-15,18H,9H2,1-3H3,(H2,21,23,24)/t11-,14-,15-,18-/m1/s1. The fourth-order valence-electron chi connectivity index (χ4n) is 3.92. The molecule has 1 aromatic carbocycles. The van der Waals surface area contributed by atoms with Crippen molar-refractivity contribution in [3.8, 4) is 5.88 Å². The van der Waals surface area contributed by atoms with Crippen molar-refractivity contribution < 1.29 is 18.9 Å². The van der Waals surface area contributed by atoms with Gasteiger partial charge in [-0.05, 0) is 26.3 Å². The molecule has 2 aromatic heterocycles. The fraction of sp³-hybridized carbons (Fsp3) is 0.450. The number of fused-ring (bicyclic) bond motifs is 2. The Labute approximate surface area is 167 Å². The highest BCUT2D eigenvalue weighted by Gasteiger charge is 2.54. The maximum atomic E-state index is 6.11. The van der Waals surface area contributed by atoms with Crippen LogP contribution in [-0.2, 0) is 20.8 Å². The van der Waals surface area contributed by atoms with Crippen LogP contribution in [0, 0.1) is 0 Å². The summed E-state index contributed by atoms with van der Waals surface area (Å²) in [5.74, 6) is -0.226. The number of nitrogens with zero attached hydrogens (tertiary/aromatic N) is 4. The largest absolute Gasteiger partial charge is 0.471 e. The van der Waals surface area contributed by atoms with Crippen LogP contribution in [0.25, 0.3) is 11.2 Å². The van der Waals surface area contributed by atoms with Crippen LogP contribution >= 0.6 is 0 Å². The first-order chi connectivity index (χ1) is 13.9. The molecule has 2 aliphatic heterocycles. The molecule has 5 rings (SSSR count). The van der Waals surface area contributed by atoms with Gasteiger partial charge >= 0.3 is 0 Å². The minimum absolute atomic E-state index is 0.105. The van der Waals surface area contributed by atoms with Gasteiger partial charge in [-0.3, -0.25) is 4.57 Å². The van der Waals surface area contributed by atoms with Crippen LogP contribution in [0.2, 0.25) is 0 Å². The van der Waals surface area contributed by atoms with Crippen LogP contribution in [0.5, 0.6) is 5.88 Å². The van der Waals surface area contributed by atoms with Crippen molar-refractivity contribution in [3.63, 3.8) is 0 Å². The molecule has 2 aliphatic rings. The number of ether oxygens (including phenoxy) is 4. The number of hydrogen-bond acceptors (Lipinski definition) is 8. The van der Waals surface area contributed by atoms with E-state index in [1.165, 1.54) is 0 Å². The molecule has 152 valence electrons. The average molecular weight is 397 g/mol. The van der Waals surface area contributed by atoms with Crippen molar-refractivity contribution in [2.45, 2.75) is 57.7 Å². The van der Waals surface area contributed by atoms with Crippen LogP contribution in [0.3, 0.4) is 0 Å². The van der Waals surface area contributed by atoms with Gasteiger partial charge in [0, 0.05) is 0 Å². The van der Waals surface area contributed by atoms with Crippen LogP contribution < -0.4 is 10.5 Å². The maximum Gasteiger partial charge on any atom is 0.247 e. The van der Waals surface area contributed by atoms with E-state index in [2.05, 4.69) is 15.0 Å². The summed E-state index contributed by atoms with van der Waals surface area (Å²) in [6.07, 6.45) is 0.653. The molecular weight excluding hydrogens is 374 g/mol. The lowest BCUT2D eigenvalue weighted by molar-refractivity contribution is -0.194. The summed E-state index contributed by atoms with van der Waals surface area (Å²) in [6.45, 7) is 6.12. The Morgan fingerprint density at radius 3 is 2.69 bits per heavy atom. The molecule has 0 saturated carbocycles. The Morgan fingerprint density at radius 2 is 1.90 bits per heavy atom. The molecule has 0 radical (unpaired) electrons. The van der Waals surface area contributed by atoms with Gasteiger partial charge < -0.3 is 24.7 Å². The van der Waals surface area contributed by atoms with Gasteiger partial charge in [0.1, 0.15) is 18.8 Å². The van der Waals surface area contributed by atoms with Gasteiger partial charge in [0.05, 0.1) is 12.4 Å². The third-order valence-corrected chi connectivity index (χ3v) is 5.16. The maximum absolute atomic E-state index is 6.11. The lowest BCUT2D eigenvalue weighted by Gasteiger charge is -2.23. The number of hydrogen-bond donors (Lipinski definition) is 1. The number of imidazole rings is 1. The Hall–Kier alpha value is -2.75. The van der Waals surface area contributed by atoms with E-state index >= 15 is 0 Å². The molecule has 3 aromatic rings. The summed E-state index contributed by atoms with van der Waals surface area (Å²) in [5, 5.41) is 0. The molecule has 29 heavy (non-hydrogen) atoms. The third kappa shape index (κ3) is 3.21. The highest BCUT2D eigenvalue weighted by molar-refractivity contribution is 5.77. The van der Waals surface area contributed by atoms with Gasteiger partial charge in [-0.25, -0.2) is 4.98 Å². The summed E-state index contributed by atoms with van der Waals surface area (Å²) in [5.41, 5.74) is 8.03. The van der Waals surface area contributed by atoms with Gasteiger partial charge in [-0.15, -0.1) is 0 Å². The van der Waals surface area contributed by atoms with E-state index in [0.717, 1.165) is 5.56 Å². The second-order valence-corrected chi connectivity index (χ2v) is 7.78. The quantitative estimate of drug-likeness (QED) is 0.715. The van der Waals surface area contributed by atoms with Gasteiger partial charge in [0.25, 0.3) is 0 Å². The van der Waals surface area contributed by atoms with E-state index in [-0.39, 0.29) is 24.3 Å². The molecule has 0 amide bonds. The number of nitrogens with two attached hydrogens (primary N) is 1. The van der Waals surface area contributed by atoms with Gasteiger partial charge in [0.2, 0.25) is 11.8 Å². The fourth-order valence-corrected chi connectivity index (χ4v) is 3.92. The second-order valence-electron chi connectivity index (χ2n) is 7.78. The molecule has 9 heteroatoms. The molecule has 2 N–H and O–H groups in total. The number of nitrogen functional groups attached to an aromatic ring is 1. The summed E-state index contributed by atoms with van der Waals surface area (Å²) in [4.78, 5) is 13.1. The lowest BCUT2D eigenvalue weighted by Crippen LogP contribution is -2.27. The van der Waals surface area contributed by atoms with E-state index in [1.54, 1.807) is 6.33 Å². The first kappa shape index (κ1) is 18.3. The van der Waals surface area contributed by atoms with Crippen LogP contribution in [0.15, 0.2) is 36.7 Å². The van der Waals surface area contributed by atoms with E-state index < -0.39 is 12.0 Å². The van der Waals surface area contributed by atoms with Crippen molar-refractivity contribution in [3.05, 3.63) is 42.2 Å². The van der Waals surface area contributed by atoms with Gasteiger partial charge in [-0.1, -0.05) is 30.3 Å². The number of aromatic nitrogens is 4. The van der Waals surface area contributed by atoms with Crippen LogP contribution in [0.1, 0.15) is 32.6 Å². The Morgan fingerprint density at radius 1 is 1.14 bits per heavy atom. The van der Waals surface area contributed by atoms with Crippen LogP contribution in [0.4, 0.5) is 5.95 Å². The molecule has 0 bridgehead atoms. The lowest BCUT2D eigenvalue weighted by atomic mass is 10.1. The first-order valence-corrected chi connectivity index (χ1v) is 9.59. The molecule has 0 spiro atoms. The Bertz CT molecular complexity index is 1040. The third-order valence-electron chi connectivity index (χ3n) is 5.16. The molecule has 9 nitrogen and oxygen atoms in total. The molecule has 4 heterocycles. The van der Waals surface area contributed by atoms with E-state index in [9.17, 15) is 0 Å². The predicted octanol–water partition coefficient (Wildman–Crippen LogP) is 2.42. The first-order valence-electron chi connectivity index (χ1n) is 9.59. The van der Waals surface area contributed by atoms with Gasteiger partial charge in [-0.2, -0.15) is 9.97 Å². The minimum Gasteiger partial charge on any atom is -0.471 e. The molecule has 0 aliphatic carbocycles. The summed E-state index contributed by atoms with van der Waals surface area (Å²) in [6, 6.07) is 9.83. The zero-order chi connectivity index (χ0) is 20.2. The normalized spacial score (nSPS) is 28.0. The highest BCUT2D eigenvalue weighted by Crippen LogP contribution is 2.43. The van der Waals surface area contributed by atoms with E-state index in [1.807, 2.05) is 55.7 Å². The van der Waals surface area contributed by atoms with Crippen molar-refractivity contribution in [1.29, 1.82) is 0 Å². The molecule has 0 unspecified atom stereocenters. The summed E-state index contributed by atoms with van der Waals surface area (Å²) < 4.78 is 25.9. The molecular formula is C20H23N5O4. The van der Waals surface area contributed by atoms with Crippen molar-refractivity contribution in [2.24, 2.45) is 0 Å². The molecule has 2 saturated heterocycles. The minimum atomic E-state index is -0.667. The van der Waals surface area contributed by atoms with Crippen molar-refractivity contribution in [1.82, 2.24) is 19.5 Å². The number of anilines is 1. The second kappa shape index (κ2) is 6.65. The monoisotopic (exact) mass is 397 g/mol. The van der Waals surface area contributed by atoms with E-state index in [4.69, 9.17) is 24.7 Å². The van der Waals surface area contributed by atoms with Crippen molar-refractivity contribution >= 4 is 17.1 Å². The van der Waals surface area contributed by atoms with Crippen LogP contribution in [-0.4, -0.2) is 43.6 Å². The Balaban J connectivity index is 1.48. The summed E-state index contributed by atoms with van der Waals surface area (Å²) in [7, 11) is 0. The van der Waals surface area contributed by atoms with Crippen molar-refractivity contribution in [2.75, 3.05) is 5.73 Å². The average Bonchev–Trinajstić information content (AvgIpc) is 3.32. The SMILES string of the molecule is C[C@H]1O[C@@H](n2cnc3c(OCc4ccccc4)nc(N)nc32)[C@@H]2OC(C)(C)O[C@@H]21. The topological polar surface area (TPSA) is 107 Å². The van der Waals surface area contributed by atoms with Gasteiger partial charge in [0.15, 0.2) is 23.2 Å². The zero-order valence-corrected chi connectivity index (χ0v) is 16.5. The predicted molar refractivity (Wildman–Crippen MR) is 104 cm³/mol. The van der Waals surface area contributed by atoms with E-state index in [0.29, 0.717) is 23.7 Å². The number of benzene rings is 1.